The molecule has 0 saturated heterocycles. The van der Waals surface area contributed by atoms with Gasteiger partial charge in [-0.25, -0.2) is 15.0 Å². The molecule has 0 bridgehead atoms. The van der Waals surface area contributed by atoms with Crippen molar-refractivity contribution < 1.29 is 4.74 Å². The second kappa shape index (κ2) is 4.10. The van der Waals surface area contributed by atoms with Gasteiger partial charge < -0.3 is 4.74 Å². The molecule has 2 heterocycles. The van der Waals surface area contributed by atoms with Crippen LogP contribution in [-0.2, 0) is 0 Å². The Morgan fingerprint density at radius 3 is 2.56 bits per heavy atom. The molecule has 90 valence electrons. The Morgan fingerprint density at radius 2 is 1.83 bits per heavy atom. The molecular weight excluding hydrogens is 228 g/mol. The zero-order chi connectivity index (χ0) is 12.5. The maximum absolute atomic E-state index is 5.14. The number of aryl methyl sites for hydroxylation is 1. The second-order valence-corrected chi connectivity index (χ2v) is 3.94. The van der Waals surface area contributed by atoms with Crippen LogP contribution in [0.4, 0.5) is 0 Å². The van der Waals surface area contributed by atoms with E-state index < -0.39 is 0 Å². The Bertz CT molecular complexity index is 688. The molecule has 0 atom stereocenters. The normalized spacial score (nSPS) is 10.8. The first-order chi connectivity index (χ1) is 8.79. The third kappa shape index (κ3) is 1.60. The monoisotopic (exact) mass is 240 g/mol. The number of methoxy groups -OCH3 is 1. The first-order valence-electron chi connectivity index (χ1n) is 5.58. The minimum atomic E-state index is 0.813. The van der Waals surface area contributed by atoms with Crippen LogP contribution in [0.1, 0.15) is 5.69 Å². The molecule has 0 aliphatic heterocycles. The lowest BCUT2D eigenvalue weighted by Crippen LogP contribution is -1.95. The molecule has 3 aromatic rings. The lowest BCUT2D eigenvalue weighted by Gasteiger charge is -2.05. The highest BCUT2D eigenvalue weighted by Crippen LogP contribution is 2.19. The second-order valence-electron chi connectivity index (χ2n) is 3.94. The quantitative estimate of drug-likeness (QED) is 0.688. The van der Waals surface area contributed by atoms with Crippen molar-refractivity contribution in [3.63, 3.8) is 0 Å². The SMILES string of the molecule is COc1ccc(-n2cnc3c(C)ncnc32)cc1. The van der Waals surface area contributed by atoms with E-state index in [1.54, 1.807) is 19.8 Å². The van der Waals surface area contributed by atoms with Crippen molar-refractivity contribution in [2.45, 2.75) is 6.92 Å². The number of ether oxygens (including phenoxy) is 1. The Hall–Kier alpha value is -2.43. The van der Waals surface area contributed by atoms with E-state index in [0.29, 0.717) is 0 Å². The summed E-state index contributed by atoms with van der Waals surface area (Å²) >= 11 is 0. The molecule has 0 radical (unpaired) electrons. The van der Waals surface area contributed by atoms with Crippen molar-refractivity contribution >= 4 is 11.2 Å². The Balaban J connectivity index is 2.16. The number of hydrogen-bond acceptors (Lipinski definition) is 4. The lowest BCUT2D eigenvalue weighted by atomic mass is 10.3. The summed E-state index contributed by atoms with van der Waals surface area (Å²) < 4.78 is 7.08. The van der Waals surface area contributed by atoms with Gasteiger partial charge in [-0.2, -0.15) is 0 Å². The van der Waals surface area contributed by atoms with E-state index in [0.717, 1.165) is 28.3 Å². The van der Waals surface area contributed by atoms with E-state index in [-0.39, 0.29) is 0 Å². The molecular formula is C13H12N4O. The van der Waals surface area contributed by atoms with Gasteiger partial charge in [0.15, 0.2) is 5.65 Å². The predicted octanol–water partition coefficient (Wildman–Crippen LogP) is 2.13. The highest BCUT2D eigenvalue weighted by atomic mass is 16.5. The fourth-order valence-corrected chi connectivity index (χ4v) is 1.88. The van der Waals surface area contributed by atoms with Crippen LogP contribution in [0.5, 0.6) is 5.75 Å². The third-order valence-corrected chi connectivity index (χ3v) is 2.87. The maximum atomic E-state index is 5.14. The molecule has 2 aromatic heterocycles. The fourth-order valence-electron chi connectivity index (χ4n) is 1.88. The standard InChI is InChI=1S/C13H12N4O/c1-9-12-13(15-7-14-9)17(8-16-12)10-3-5-11(18-2)6-4-10/h3-8H,1-2H3. The number of nitrogens with zero attached hydrogens (tertiary/aromatic N) is 4. The van der Waals surface area contributed by atoms with Crippen LogP contribution < -0.4 is 4.74 Å². The van der Waals surface area contributed by atoms with E-state index in [9.17, 15) is 0 Å². The van der Waals surface area contributed by atoms with Gasteiger partial charge in [-0.15, -0.1) is 0 Å². The van der Waals surface area contributed by atoms with Gasteiger partial charge in [0.1, 0.15) is 23.9 Å². The van der Waals surface area contributed by atoms with Crippen molar-refractivity contribution in [1.29, 1.82) is 0 Å². The number of hydrogen-bond donors (Lipinski definition) is 0. The molecule has 0 aliphatic rings. The van der Waals surface area contributed by atoms with Gasteiger partial charge in [0, 0.05) is 5.69 Å². The molecule has 0 saturated carbocycles. The molecule has 0 N–H and O–H groups in total. The van der Waals surface area contributed by atoms with Gasteiger partial charge in [-0.1, -0.05) is 0 Å². The van der Waals surface area contributed by atoms with Crippen LogP contribution in [0.15, 0.2) is 36.9 Å². The molecule has 1 aromatic carbocycles. The number of rotatable bonds is 2. The van der Waals surface area contributed by atoms with Gasteiger partial charge >= 0.3 is 0 Å². The van der Waals surface area contributed by atoms with Crippen LogP contribution in [-0.4, -0.2) is 26.6 Å². The molecule has 3 rings (SSSR count). The maximum Gasteiger partial charge on any atom is 0.168 e. The number of benzene rings is 1. The summed E-state index contributed by atoms with van der Waals surface area (Å²) in [6.07, 6.45) is 3.31. The number of aromatic nitrogens is 4. The Morgan fingerprint density at radius 1 is 1.06 bits per heavy atom. The largest absolute Gasteiger partial charge is 0.497 e. The molecule has 0 spiro atoms. The van der Waals surface area contributed by atoms with E-state index in [1.807, 2.05) is 35.8 Å². The fraction of sp³-hybridized carbons (Fsp3) is 0.154. The van der Waals surface area contributed by atoms with Crippen LogP contribution in [0.2, 0.25) is 0 Å². The Labute approximate surface area is 104 Å². The summed E-state index contributed by atoms with van der Waals surface area (Å²) in [7, 11) is 1.65. The van der Waals surface area contributed by atoms with Crippen LogP contribution in [0.25, 0.3) is 16.9 Å². The first-order valence-corrected chi connectivity index (χ1v) is 5.58. The minimum Gasteiger partial charge on any atom is -0.497 e. The zero-order valence-corrected chi connectivity index (χ0v) is 10.2. The smallest absolute Gasteiger partial charge is 0.168 e. The molecule has 0 aliphatic carbocycles. The predicted molar refractivity (Wildman–Crippen MR) is 67.9 cm³/mol. The van der Waals surface area contributed by atoms with Crippen molar-refractivity contribution in [3.05, 3.63) is 42.6 Å². The highest BCUT2D eigenvalue weighted by molar-refractivity contribution is 5.74. The average Bonchev–Trinajstić information content (AvgIpc) is 2.84. The Kier molecular flexibility index (Phi) is 2.44. The van der Waals surface area contributed by atoms with E-state index in [1.165, 1.54) is 0 Å². The zero-order valence-electron chi connectivity index (χ0n) is 10.2. The van der Waals surface area contributed by atoms with Crippen molar-refractivity contribution in [3.8, 4) is 11.4 Å². The third-order valence-electron chi connectivity index (χ3n) is 2.87. The molecule has 0 fully saturated rings. The van der Waals surface area contributed by atoms with Crippen molar-refractivity contribution in [1.82, 2.24) is 19.5 Å². The van der Waals surface area contributed by atoms with E-state index >= 15 is 0 Å². The highest BCUT2D eigenvalue weighted by Gasteiger charge is 2.08. The summed E-state index contributed by atoms with van der Waals surface area (Å²) in [5.41, 5.74) is 3.52. The lowest BCUT2D eigenvalue weighted by molar-refractivity contribution is 0.415. The summed E-state index contributed by atoms with van der Waals surface area (Å²) in [5, 5.41) is 0. The van der Waals surface area contributed by atoms with Gasteiger partial charge in [0.2, 0.25) is 0 Å². The summed E-state index contributed by atoms with van der Waals surface area (Å²) in [4.78, 5) is 12.8. The molecule has 5 heteroatoms. The van der Waals surface area contributed by atoms with Gasteiger partial charge in [0.05, 0.1) is 12.8 Å². The first kappa shape index (κ1) is 10.7. The van der Waals surface area contributed by atoms with Gasteiger partial charge in [-0.05, 0) is 31.2 Å². The average molecular weight is 240 g/mol. The van der Waals surface area contributed by atoms with Crippen LogP contribution >= 0.6 is 0 Å². The van der Waals surface area contributed by atoms with Crippen LogP contribution in [0, 0.1) is 6.92 Å². The van der Waals surface area contributed by atoms with Crippen molar-refractivity contribution in [2.75, 3.05) is 7.11 Å². The molecule has 0 unspecified atom stereocenters. The topological polar surface area (TPSA) is 52.8 Å². The van der Waals surface area contributed by atoms with E-state index in [2.05, 4.69) is 15.0 Å². The number of fused-ring (bicyclic) bond motifs is 1. The minimum absolute atomic E-state index is 0.813. The molecule has 5 nitrogen and oxygen atoms in total. The summed E-state index contributed by atoms with van der Waals surface area (Å²) in [6, 6.07) is 7.76. The number of imidazole rings is 1. The molecule has 0 amide bonds. The van der Waals surface area contributed by atoms with Gasteiger partial charge in [-0.3, -0.25) is 4.57 Å². The summed E-state index contributed by atoms with van der Waals surface area (Å²) in [6.45, 7) is 1.93. The van der Waals surface area contributed by atoms with E-state index in [4.69, 9.17) is 4.74 Å². The van der Waals surface area contributed by atoms with Crippen molar-refractivity contribution in [2.24, 2.45) is 0 Å². The van der Waals surface area contributed by atoms with Gasteiger partial charge in [0.25, 0.3) is 0 Å². The van der Waals surface area contributed by atoms with Crippen LogP contribution in [0.3, 0.4) is 0 Å². The summed E-state index contributed by atoms with van der Waals surface area (Å²) in [5.74, 6) is 0.828. The molecule has 18 heavy (non-hydrogen) atoms.